The number of ether oxygens (including phenoxy) is 1. The van der Waals surface area contributed by atoms with Gasteiger partial charge in [-0.2, -0.15) is 0 Å². The van der Waals surface area contributed by atoms with Crippen LogP contribution in [0.2, 0.25) is 0 Å². The third kappa shape index (κ3) is 4.75. The largest absolute Gasteiger partial charge is 0.378 e. The molecule has 2 aliphatic rings. The number of nitrogens with zero attached hydrogens (tertiary/aromatic N) is 4. The molecule has 0 unspecified atom stereocenters. The lowest BCUT2D eigenvalue weighted by Crippen LogP contribution is -2.40. The van der Waals surface area contributed by atoms with E-state index in [1.54, 1.807) is 6.20 Å². The molecule has 8 heteroatoms. The van der Waals surface area contributed by atoms with Crippen molar-refractivity contribution >= 4 is 28.9 Å². The van der Waals surface area contributed by atoms with Gasteiger partial charge in [-0.1, -0.05) is 12.1 Å². The maximum absolute atomic E-state index is 11.7. The number of carbonyl (C=O) groups is 1. The van der Waals surface area contributed by atoms with Gasteiger partial charge in [-0.3, -0.25) is 4.79 Å². The summed E-state index contributed by atoms with van der Waals surface area (Å²) in [7, 11) is 0. The fourth-order valence-corrected chi connectivity index (χ4v) is 4.48. The molecular weight excluding hydrogens is 416 g/mol. The van der Waals surface area contributed by atoms with Crippen LogP contribution in [-0.4, -0.2) is 54.8 Å². The zero-order valence-electron chi connectivity index (χ0n) is 18.5. The van der Waals surface area contributed by atoms with Gasteiger partial charge < -0.3 is 25.6 Å². The van der Waals surface area contributed by atoms with Gasteiger partial charge in [0.05, 0.1) is 18.9 Å². The van der Waals surface area contributed by atoms with Gasteiger partial charge in [0.1, 0.15) is 6.04 Å². The SMILES string of the molecule is NC(=O)[C@@H]1CCCN1c1ccc(-c2ccnc(Nc3ccc(N4CCOCC4)cc3)n2)cc1. The Labute approximate surface area is 193 Å². The number of nitrogens with two attached hydrogens (primary N) is 1. The van der Waals surface area contributed by atoms with Crippen molar-refractivity contribution in [2.45, 2.75) is 18.9 Å². The minimum atomic E-state index is -0.263. The molecule has 5 rings (SSSR count). The highest BCUT2D eigenvalue weighted by Crippen LogP contribution is 2.28. The predicted octanol–water partition coefficient (Wildman–Crippen LogP) is 3.18. The molecule has 1 atom stereocenters. The lowest BCUT2D eigenvalue weighted by Gasteiger charge is -2.28. The normalized spacial score (nSPS) is 18.4. The summed E-state index contributed by atoms with van der Waals surface area (Å²) in [6, 6.07) is 18.1. The summed E-state index contributed by atoms with van der Waals surface area (Å²) in [6.45, 7) is 4.21. The Kier molecular flexibility index (Phi) is 6.08. The molecule has 2 fully saturated rings. The van der Waals surface area contributed by atoms with Crippen LogP contribution in [0, 0.1) is 0 Å². The zero-order valence-corrected chi connectivity index (χ0v) is 18.5. The molecule has 1 amide bonds. The van der Waals surface area contributed by atoms with Gasteiger partial charge >= 0.3 is 0 Å². The summed E-state index contributed by atoms with van der Waals surface area (Å²) in [6.07, 6.45) is 3.54. The van der Waals surface area contributed by atoms with Gasteiger partial charge in [0.25, 0.3) is 0 Å². The van der Waals surface area contributed by atoms with Gasteiger partial charge in [-0.25, -0.2) is 9.97 Å². The zero-order chi connectivity index (χ0) is 22.6. The molecule has 0 spiro atoms. The van der Waals surface area contributed by atoms with Gasteiger partial charge in [0, 0.05) is 48.5 Å². The number of primary amides is 1. The summed E-state index contributed by atoms with van der Waals surface area (Å²) in [4.78, 5) is 25.2. The number of aromatic nitrogens is 2. The Bertz CT molecular complexity index is 1100. The van der Waals surface area contributed by atoms with Crippen LogP contribution in [-0.2, 0) is 9.53 Å². The maximum atomic E-state index is 11.7. The highest BCUT2D eigenvalue weighted by atomic mass is 16.5. The van der Waals surface area contributed by atoms with E-state index in [-0.39, 0.29) is 11.9 Å². The minimum Gasteiger partial charge on any atom is -0.378 e. The third-order valence-corrected chi connectivity index (χ3v) is 6.23. The first kappa shape index (κ1) is 21.2. The summed E-state index contributed by atoms with van der Waals surface area (Å²) < 4.78 is 5.43. The molecule has 170 valence electrons. The van der Waals surface area contributed by atoms with Crippen molar-refractivity contribution < 1.29 is 9.53 Å². The molecule has 2 aliphatic heterocycles. The first-order chi connectivity index (χ1) is 16.2. The summed E-state index contributed by atoms with van der Waals surface area (Å²) in [5, 5.41) is 3.29. The molecule has 2 aromatic carbocycles. The molecule has 0 aliphatic carbocycles. The Balaban J connectivity index is 1.28. The average Bonchev–Trinajstić information content (AvgIpc) is 3.36. The number of amides is 1. The number of carbonyl (C=O) groups excluding carboxylic acids is 1. The van der Waals surface area contributed by atoms with Crippen LogP contribution in [0.25, 0.3) is 11.3 Å². The second-order valence-corrected chi connectivity index (χ2v) is 8.34. The first-order valence-corrected chi connectivity index (χ1v) is 11.4. The van der Waals surface area contributed by atoms with Crippen LogP contribution in [0.3, 0.4) is 0 Å². The van der Waals surface area contributed by atoms with Crippen LogP contribution in [0.15, 0.2) is 60.8 Å². The number of benzene rings is 2. The monoisotopic (exact) mass is 444 g/mol. The van der Waals surface area contributed by atoms with E-state index in [1.807, 2.05) is 42.5 Å². The van der Waals surface area contributed by atoms with Crippen LogP contribution in [0.1, 0.15) is 12.8 Å². The second kappa shape index (κ2) is 9.46. The van der Waals surface area contributed by atoms with Crippen LogP contribution in [0.4, 0.5) is 23.0 Å². The smallest absolute Gasteiger partial charge is 0.240 e. The summed E-state index contributed by atoms with van der Waals surface area (Å²) >= 11 is 0. The fourth-order valence-electron chi connectivity index (χ4n) is 4.48. The second-order valence-electron chi connectivity index (χ2n) is 8.34. The third-order valence-electron chi connectivity index (χ3n) is 6.23. The summed E-state index contributed by atoms with van der Waals surface area (Å²) in [5.41, 5.74) is 10.5. The summed E-state index contributed by atoms with van der Waals surface area (Å²) in [5.74, 6) is 0.283. The molecular formula is C25H28N6O2. The average molecular weight is 445 g/mol. The van der Waals surface area contributed by atoms with E-state index >= 15 is 0 Å². The maximum Gasteiger partial charge on any atom is 0.240 e. The Morgan fingerprint density at radius 2 is 1.70 bits per heavy atom. The van der Waals surface area contributed by atoms with Crippen molar-refractivity contribution in [3.05, 3.63) is 60.8 Å². The van der Waals surface area contributed by atoms with E-state index < -0.39 is 0 Å². The quantitative estimate of drug-likeness (QED) is 0.603. The fraction of sp³-hybridized carbons (Fsp3) is 0.320. The van der Waals surface area contributed by atoms with E-state index in [0.29, 0.717) is 5.95 Å². The molecule has 0 bridgehead atoms. The number of morpholine rings is 1. The number of anilines is 4. The predicted molar refractivity (Wildman–Crippen MR) is 130 cm³/mol. The van der Waals surface area contributed by atoms with Crippen molar-refractivity contribution in [2.24, 2.45) is 5.73 Å². The van der Waals surface area contributed by atoms with Crippen LogP contribution < -0.4 is 20.9 Å². The molecule has 1 aromatic heterocycles. The van der Waals surface area contributed by atoms with Crippen molar-refractivity contribution in [1.29, 1.82) is 0 Å². The molecule has 0 saturated carbocycles. The number of nitrogens with one attached hydrogen (secondary N) is 1. The molecule has 3 aromatic rings. The Morgan fingerprint density at radius 3 is 2.42 bits per heavy atom. The van der Waals surface area contributed by atoms with Gasteiger partial charge in [0.15, 0.2) is 0 Å². The molecule has 2 saturated heterocycles. The Morgan fingerprint density at radius 1 is 0.970 bits per heavy atom. The molecule has 8 nitrogen and oxygen atoms in total. The molecule has 33 heavy (non-hydrogen) atoms. The highest BCUT2D eigenvalue weighted by Gasteiger charge is 2.29. The topological polar surface area (TPSA) is 96.6 Å². The van der Waals surface area contributed by atoms with Crippen molar-refractivity contribution in [3.8, 4) is 11.3 Å². The van der Waals surface area contributed by atoms with Gasteiger partial charge in [-0.05, 0) is 55.3 Å². The van der Waals surface area contributed by atoms with E-state index in [9.17, 15) is 4.79 Å². The first-order valence-electron chi connectivity index (χ1n) is 11.4. The number of rotatable bonds is 6. The van der Waals surface area contributed by atoms with Crippen LogP contribution in [0.5, 0.6) is 0 Å². The molecule has 3 N–H and O–H groups in total. The van der Waals surface area contributed by atoms with E-state index in [0.717, 1.165) is 68.3 Å². The van der Waals surface area contributed by atoms with E-state index in [1.165, 1.54) is 5.69 Å². The highest BCUT2D eigenvalue weighted by molar-refractivity contribution is 5.84. The van der Waals surface area contributed by atoms with E-state index in [4.69, 9.17) is 10.5 Å². The van der Waals surface area contributed by atoms with Crippen LogP contribution >= 0.6 is 0 Å². The Hall–Kier alpha value is -3.65. The number of hydrogen-bond donors (Lipinski definition) is 2. The van der Waals surface area contributed by atoms with Gasteiger partial charge in [0.2, 0.25) is 11.9 Å². The van der Waals surface area contributed by atoms with Crippen molar-refractivity contribution in [1.82, 2.24) is 9.97 Å². The molecule has 0 radical (unpaired) electrons. The van der Waals surface area contributed by atoms with Crippen molar-refractivity contribution in [2.75, 3.05) is 48.0 Å². The lowest BCUT2D eigenvalue weighted by atomic mass is 10.1. The van der Waals surface area contributed by atoms with E-state index in [2.05, 4.69) is 37.2 Å². The van der Waals surface area contributed by atoms with Crippen molar-refractivity contribution in [3.63, 3.8) is 0 Å². The minimum absolute atomic E-state index is 0.222. The standard InChI is InChI=1S/C25H28N6O2/c26-24(32)23-2-1-13-31(23)21-7-3-18(4-8-21)22-11-12-27-25(29-22)28-19-5-9-20(10-6-19)30-14-16-33-17-15-30/h3-12,23H,1-2,13-17H2,(H2,26,32)(H,27,28,29)/t23-/m0/s1. The molecule has 3 heterocycles. The lowest BCUT2D eigenvalue weighted by molar-refractivity contribution is -0.119. The van der Waals surface area contributed by atoms with Gasteiger partial charge in [-0.15, -0.1) is 0 Å². The number of hydrogen-bond acceptors (Lipinski definition) is 7.